The Balaban J connectivity index is 1.83. The molecule has 0 saturated carbocycles. The van der Waals surface area contributed by atoms with Gasteiger partial charge in [-0.15, -0.1) is 0 Å². The van der Waals surface area contributed by atoms with Crippen molar-refractivity contribution >= 4 is 0 Å². The van der Waals surface area contributed by atoms with E-state index in [1.165, 1.54) is 19.2 Å². The van der Waals surface area contributed by atoms with Crippen molar-refractivity contribution in [1.29, 1.82) is 0 Å². The molecule has 1 aromatic heterocycles. The average molecular weight is 425 g/mol. The van der Waals surface area contributed by atoms with Gasteiger partial charge in [-0.2, -0.15) is 18.2 Å². The Hall–Kier alpha value is -2.82. The van der Waals surface area contributed by atoms with E-state index < -0.39 is 29.9 Å². The Kier molecular flexibility index (Phi) is 6.80. The topological polar surface area (TPSA) is 71.6 Å². The summed E-state index contributed by atoms with van der Waals surface area (Å²) in [6, 6.07) is 13.0. The number of aliphatic hydroxyl groups excluding tert-OH is 1. The number of aliphatic hydroxyl groups is 1. The molecule has 160 valence electrons. The van der Waals surface area contributed by atoms with Crippen LogP contribution in [0.2, 0.25) is 0 Å². The molecule has 0 saturated heterocycles. The molecule has 0 fully saturated rings. The van der Waals surface area contributed by atoms with Crippen LogP contribution in [-0.4, -0.2) is 40.4 Å². The van der Waals surface area contributed by atoms with Crippen molar-refractivity contribution in [2.24, 2.45) is 0 Å². The highest BCUT2D eigenvalue weighted by atomic mass is 19.4. The monoisotopic (exact) mass is 425 g/mol. The standard InChI is InChI=1S/C20H19F4N3O3/c1-29-10-9-27(12-13-5-3-2-4-6-13)18(28)14-7-8-15(16(21)11-14)17-25-19(30-26-17)20(22,23)24/h2-8,11,18,28H,9-10,12H2,1H3. The Morgan fingerprint density at radius 1 is 1.17 bits per heavy atom. The molecule has 0 spiro atoms. The number of rotatable bonds is 8. The number of ether oxygens (including phenoxy) is 1. The van der Waals surface area contributed by atoms with Crippen LogP contribution in [0.15, 0.2) is 53.1 Å². The fourth-order valence-corrected chi connectivity index (χ4v) is 2.85. The lowest BCUT2D eigenvalue weighted by atomic mass is 10.1. The Morgan fingerprint density at radius 3 is 2.50 bits per heavy atom. The van der Waals surface area contributed by atoms with E-state index in [0.29, 0.717) is 19.7 Å². The molecular weight excluding hydrogens is 406 g/mol. The number of halogens is 4. The van der Waals surface area contributed by atoms with Crippen LogP contribution in [0.25, 0.3) is 11.4 Å². The average Bonchev–Trinajstić information content (AvgIpc) is 3.22. The first kappa shape index (κ1) is 21.9. The number of methoxy groups -OCH3 is 1. The summed E-state index contributed by atoms with van der Waals surface area (Å²) < 4.78 is 61.7. The Labute approximate surface area is 169 Å². The zero-order chi connectivity index (χ0) is 21.7. The van der Waals surface area contributed by atoms with Crippen LogP contribution in [0.4, 0.5) is 17.6 Å². The van der Waals surface area contributed by atoms with Crippen molar-refractivity contribution in [2.75, 3.05) is 20.3 Å². The van der Waals surface area contributed by atoms with E-state index in [-0.39, 0.29) is 11.1 Å². The molecule has 1 N–H and O–H groups in total. The molecule has 1 atom stereocenters. The van der Waals surface area contributed by atoms with Crippen molar-refractivity contribution in [3.8, 4) is 11.4 Å². The summed E-state index contributed by atoms with van der Waals surface area (Å²) in [5.41, 5.74) is 0.899. The fraction of sp³-hybridized carbons (Fsp3) is 0.300. The number of alkyl halides is 3. The van der Waals surface area contributed by atoms with Crippen LogP contribution in [0.5, 0.6) is 0 Å². The summed E-state index contributed by atoms with van der Waals surface area (Å²) in [5.74, 6) is -2.97. The van der Waals surface area contributed by atoms with E-state index in [4.69, 9.17) is 4.74 Å². The molecule has 1 heterocycles. The minimum Gasteiger partial charge on any atom is -0.383 e. The highest BCUT2D eigenvalue weighted by molar-refractivity contribution is 5.56. The molecule has 0 aliphatic carbocycles. The Morgan fingerprint density at radius 2 is 1.90 bits per heavy atom. The molecule has 30 heavy (non-hydrogen) atoms. The smallest absolute Gasteiger partial charge is 0.383 e. The van der Waals surface area contributed by atoms with Gasteiger partial charge in [0.25, 0.3) is 0 Å². The van der Waals surface area contributed by atoms with E-state index in [9.17, 15) is 22.7 Å². The van der Waals surface area contributed by atoms with E-state index >= 15 is 0 Å². The zero-order valence-corrected chi connectivity index (χ0v) is 15.9. The molecule has 0 bridgehead atoms. The van der Waals surface area contributed by atoms with Crippen molar-refractivity contribution in [3.05, 3.63) is 71.4 Å². The normalized spacial score (nSPS) is 13.0. The number of benzene rings is 2. The lowest BCUT2D eigenvalue weighted by Crippen LogP contribution is -2.31. The zero-order valence-electron chi connectivity index (χ0n) is 15.9. The third kappa shape index (κ3) is 5.21. The third-order valence-electron chi connectivity index (χ3n) is 4.36. The van der Waals surface area contributed by atoms with Crippen molar-refractivity contribution in [3.63, 3.8) is 0 Å². The highest BCUT2D eigenvalue weighted by Gasteiger charge is 2.38. The first-order valence-electron chi connectivity index (χ1n) is 8.95. The maximum Gasteiger partial charge on any atom is 0.471 e. The maximum atomic E-state index is 14.6. The minimum absolute atomic E-state index is 0.225. The molecule has 6 nitrogen and oxygen atoms in total. The first-order valence-corrected chi connectivity index (χ1v) is 8.95. The van der Waals surface area contributed by atoms with E-state index in [1.54, 1.807) is 4.90 Å². The van der Waals surface area contributed by atoms with Crippen LogP contribution < -0.4 is 0 Å². The number of nitrogens with zero attached hydrogens (tertiary/aromatic N) is 3. The molecule has 2 aromatic carbocycles. The number of hydrogen-bond donors (Lipinski definition) is 1. The van der Waals surface area contributed by atoms with E-state index in [2.05, 4.69) is 14.7 Å². The van der Waals surface area contributed by atoms with Gasteiger partial charge in [-0.25, -0.2) is 4.39 Å². The number of aromatic nitrogens is 2. The summed E-state index contributed by atoms with van der Waals surface area (Å²) in [6.07, 6.45) is -5.99. The summed E-state index contributed by atoms with van der Waals surface area (Å²) in [7, 11) is 1.53. The van der Waals surface area contributed by atoms with Gasteiger partial charge in [-0.05, 0) is 23.3 Å². The predicted molar refractivity (Wildman–Crippen MR) is 98.4 cm³/mol. The summed E-state index contributed by atoms with van der Waals surface area (Å²) in [5, 5.41) is 14.0. The minimum atomic E-state index is -4.82. The van der Waals surface area contributed by atoms with Gasteiger partial charge < -0.3 is 14.4 Å². The van der Waals surface area contributed by atoms with Gasteiger partial charge in [0.2, 0.25) is 5.82 Å². The molecule has 3 aromatic rings. The molecule has 3 rings (SSSR count). The maximum absolute atomic E-state index is 14.6. The van der Waals surface area contributed by atoms with E-state index in [0.717, 1.165) is 11.6 Å². The fourth-order valence-electron chi connectivity index (χ4n) is 2.85. The second kappa shape index (κ2) is 9.33. The molecule has 10 heteroatoms. The van der Waals surface area contributed by atoms with Crippen molar-refractivity contribution in [2.45, 2.75) is 18.9 Å². The second-order valence-electron chi connectivity index (χ2n) is 6.48. The van der Waals surface area contributed by atoms with Crippen LogP contribution in [0.1, 0.15) is 23.2 Å². The lowest BCUT2D eigenvalue weighted by molar-refractivity contribution is -0.159. The van der Waals surface area contributed by atoms with Crippen LogP contribution in [0, 0.1) is 5.82 Å². The largest absolute Gasteiger partial charge is 0.471 e. The number of hydrogen-bond acceptors (Lipinski definition) is 6. The molecule has 0 aliphatic rings. The van der Waals surface area contributed by atoms with Gasteiger partial charge in [-0.1, -0.05) is 41.6 Å². The van der Waals surface area contributed by atoms with Gasteiger partial charge in [0.05, 0.1) is 12.2 Å². The van der Waals surface area contributed by atoms with Crippen LogP contribution in [0.3, 0.4) is 0 Å². The Bertz CT molecular complexity index is 963. The molecule has 0 radical (unpaired) electrons. The van der Waals surface area contributed by atoms with Crippen LogP contribution >= 0.6 is 0 Å². The molecule has 1 unspecified atom stereocenters. The van der Waals surface area contributed by atoms with Gasteiger partial charge in [-0.3, -0.25) is 4.90 Å². The van der Waals surface area contributed by atoms with Crippen molar-refractivity contribution < 1.29 is 31.9 Å². The molecular formula is C20H19F4N3O3. The first-order chi connectivity index (χ1) is 14.3. The lowest BCUT2D eigenvalue weighted by Gasteiger charge is -2.28. The van der Waals surface area contributed by atoms with Crippen molar-refractivity contribution in [1.82, 2.24) is 15.0 Å². The third-order valence-corrected chi connectivity index (χ3v) is 4.36. The predicted octanol–water partition coefficient (Wildman–Crippen LogP) is 4.03. The van der Waals surface area contributed by atoms with Gasteiger partial charge in [0.15, 0.2) is 0 Å². The van der Waals surface area contributed by atoms with Crippen LogP contribution in [-0.2, 0) is 17.5 Å². The van der Waals surface area contributed by atoms with Gasteiger partial charge in [0.1, 0.15) is 12.0 Å². The summed E-state index contributed by atoms with van der Waals surface area (Å²) in [6.45, 7) is 1.10. The summed E-state index contributed by atoms with van der Waals surface area (Å²) in [4.78, 5) is 4.87. The van der Waals surface area contributed by atoms with Gasteiger partial charge >= 0.3 is 12.1 Å². The van der Waals surface area contributed by atoms with E-state index in [1.807, 2.05) is 30.3 Å². The molecule has 0 aliphatic heterocycles. The summed E-state index contributed by atoms with van der Waals surface area (Å²) >= 11 is 0. The van der Waals surface area contributed by atoms with Gasteiger partial charge in [0, 0.05) is 20.2 Å². The quantitative estimate of drug-likeness (QED) is 0.434. The SMILES string of the molecule is COCCN(Cc1ccccc1)C(O)c1ccc(-c2noc(C(F)(F)F)n2)c(F)c1. The molecule has 0 amide bonds. The second-order valence-corrected chi connectivity index (χ2v) is 6.48. The highest BCUT2D eigenvalue weighted by Crippen LogP contribution is 2.31.